The van der Waals surface area contributed by atoms with Crippen molar-refractivity contribution >= 4 is 7.82 Å². The van der Waals surface area contributed by atoms with Crippen molar-refractivity contribution < 1.29 is 33.1 Å². The molecule has 2 N–H and O–H groups in total. The van der Waals surface area contributed by atoms with Gasteiger partial charge in [-0.25, -0.2) is 4.57 Å². The van der Waals surface area contributed by atoms with Crippen LogP contribution in [0.25, 0.3) is 0 Å². The van der Waals surface area contributed by atoms with Gasteiger partial charge in [-0.2, -0.15) is 0 Å². The molecule has 0 unspecified atom stereocenters. The molecule has 0 spiro atoms. The zero-order valence-electron chi connectivity index (χ0n) is 15.5. The second-order valence-electron chi connectivity index (χ2n) is 6.61. The predicted molar refractivity (Wildman–Crippen MR) is 97.3 cm³/mol. The molecule has 8 heteroatoms. The summed E-state index contributed by atoms with van der Waals surface area (Å²) in [7, 11) is -4.64. The smallest absolute Gasteiger partial charge is 0.376 e. The maximum Gasteiger partial charge on any atom is 0.469 e. The third-order valence-electron chi connectivity index (χ3n) is 2.81. The van der Waals surface area contributed by atoms with Crippen LogP contribution < -0.4 is 0 Å². The summed E-state index contributed by atoms with van der Waals surface area (Å²) in [5, 5.41) is 0. The number of ether oxygens (including phenoxy) is 3. The summed E-state index contributed by atoms with van der Waals surface area (Å²) in [6, 6.07) is 0. The zero-order valence-corrected chi connectivity index (χ0v) is 16.3. The van der Waals surface area contributed by atoms with Gasteiger partial charge in [-0.3, -0.25) is 4.52 Å². The van der Waals surface area contributed by atoms with Crippen molar-refractivity contribution in [1.82, 2.24) is 0 Å². The predicted octanol–water partition coefficient (Wildman–Crippen LogP) is 2.86. The fourth-order valence-corrected chi connectivity index (χ4v) is 2.24. The minimum atomic E-state index is -4.64. The van der Waals surface area contributed by atoms with E-state index in [2.05, 4.69) is 19.7 Å². The maximum atomic E-state index is 11.1. The van der Waals surface area contributed by atoms with Crippen LogP contribution in [-0.2, 0) is 23.3 Å². The molecule has 0 bridgehead atoms. The summed E-state index contributed by atoms with van der Waals surface area (Å²) in [4.78, 5) is 18.1. The molecular formula is C17H31O7P. The Kier molecular flexibility index (Phi) is 11.4. The van der Waals surface area contributed by atoms with Gasteiger partial charge in [0.25, 0.3) is 0 Å². The molecule has 0 radical (unpaired) electrons. The lowest BCUT2D eigenvalue weighted by molar-refractivity contribution is -0.0827. The lowest BCUT2D eigenvalue weighted by Crippen LogP contribution is -2.42. The number of rotatable bonds is 15. The highest BCUT2D eigenvalue weighted by molar-refractivity contribution is 7.46. The molecule has 0 atom stereocenters. The number of phosphoric acid groups is 1. The Labute approximate surface area is 150 Å². The molecule has 146 valence electrons. The number of hydrogen-bond acceptors (Lipinski definition) is 5. The standard InChI is InChI=1S/C17H31O7P/c1-14(2)7-21-10-17(11-22-8-15(3)4,12-23-9-16(5)6)13-24-25(18,19)20/h1,3,5,7-13H2,2,4,6H3,(H2,18,19,20). The Bertz CT molecular complexity index is 445. The van der Waals surface area contributed by atoms with Gasteiger partial charge in [0, 0.05) is 0 Å². The van der Waals surface area contributed by atoms with Gasteiger partial charge >= 0.3 is 7.82 Å². The van der Waals surface area contributed by atoms with Crippen LogP contribution in [0.1, 0.15) is 20.8 Å². The van der Waals surface area contributed by atoms with E-state index >= 15 is 0 Å². The van der Waals surface area contributed by atoms with E-state index in [9.17, 15) is 4.57 Å². The Morgan fingerprint density at radius 3 is 1.36 bits per heavy atom. The first kappa shape index (κ1) is 24.2. The van der Waals surface area contributed by atoms with Gasteiger partial charge in [0.15, 0.2) is 0 Å². The summed E-state index contributed by atoms with van der Waals surface area (Å²) in [6.45, 7) is 17.8. The van der Waals surface area contributed by atoms with E-state index < -0.39 is 13.2 Å². The highest BCUT2D eigenvalue weighted by atomic mass is 31.2. The van der Waals surface area contributed by atoms with E-state index in [-0.39, 0.29) is 26.4 Å². The summed E-state index contributed by atoms with van der Waals surface area (Å²) >= 11 is 0. The second kappa shape index (κ2) is 11.8. The largest absolute Gasteiger partial charge is 0.469 e. The van der Waals surface area contributed by atoms with Crippen molar-refractivity contribution in [3.63, 3.8) is 0 Å². The van der Waals surface area contributed by atoms with E-state index in [0.717, 1.165) is 16.7 Å². The minimum Gasteiger partial charge on any atom is -0.376 e. The molecule has 0 aromatic rings. The first-order valence-electron chi connectivity index (χ1n) is 7.82. The first-order valence-corrected chi connectivity index (χ1v) is 9.35. The molecule has 0 aromatic heterocycles. The lowest BCUT2D eigenvalue weighted by Gasteiger charge is -2.33. The van der Waals surface area contributed by atoms with Gasteiger partial charge < -0.3 is 24.0 Å². The molecule has 0 rings (SSSR count). The van der Waals surface area contributed by atoms with Gasteiger partial charge in [-0.1, -0.05) is 36.5 Å². The number of hydrogen-bond donors (Lipinski definition) is 2. The zero-order chi connectivity index (χ0) is 19.5. The maximum absolute atomic E-state index is 11.1. The van der Waals surface area contributed by atoms with Gasteiger partial charge in [-0.05, 0) is 20.8 Å². The number of phosphoric ester groups is 1. The highest BCUT2D eigenvalue weighted by Gasteiger charge is 2.35. The van der Waals surface area contributed by atoms with Crippen LogP contribution in [0.15, 0.2) is 36.5 Å². The van der Waals surface area contributed by atoms with E-state index in [1.165, 1.54) is 0 Å². The quantitative estimate of drug-likeness (QED) is 0.334. The normalized spacial score (nSPS) is 12.2. The minimum absolute atomic E-state index is 0.131. The van der Waals surface area contributed by atoms with Crippen molar-refractivity contribution in [1.29, 1.82) is 0 Å². The monoisotopic (exact) mass is 378 g/mol. The van der Waals surface area contributed by atoms with Gasteiger partial charge in [0.05, 0.1) is 51.7 Å². The van der Waals surface area contributed by atoms with E-state index in [1.54, 1.807) is 0 Å². The first-order chi connectivity index (χ1) is 11.5. The highest BCUT2D eigenvalue weighted by Crippen LogP contribution is 2.38. The van der Waals surface area contributed by atoms with E-state index in [1.807, 2.05) is 20.8 Å². The van der Waals surface area contributed by atoms with Crippen molar-refractivity contribution in [2.45, 2.75) is 20.8 Å². The van der Waals surface area contributed by atoms with Crippen LogP contribution in [0.2, 0.25) is 0 Å². The topological polar surface area (TPSA) is 94.5 Å². The molecule has 25 heavy (non-hydrogen) atoms. The summed E-state index contributed by atoms with van der Waals surface area (Å²) in [5.41, 5.74) is 1.60. The van der Waals surface area contributed by atoms with Crippen molar-refractivity contribution in [3.05, 3.63) is 36.5 Å². The molecular weight excluding hydrogens is 347 g/mol. The van der Waals surface area contributed by atoms with Crippen molar-refractivity contribution in [2.75, 3.05) is 46.2 Å². The van der Waals surface area contributed by atoms with E-state index in [4.69, 9.17) is 28.5 Å². The Balaban J connectivity index is 5.10. The molecule has 0 saturated heterocycles. The molecule has 0 aliphatic heterocycles. The third-order valence-corrected chi connectivity index (χ3v) is 3.27. The summed E-state index contributed by atoms with van der Waals surface area (Å²) in [5.74, 6) is 0. The van der Waals surface area contributed by atoms with Gasteiger partial charge in [-0.15, -0.1) is 0 Å². The second-order valence-corrected chi connectivity index (χ2v) is 7.85. The van der Waals surface area contributed by atoms with Crippen molar-refractivity contribution in [3.8, 4) is 0 Å². The van der Waals surface area contributed by atoms with Crippen LogP contribution in [0.4, 0.5) is 0 Å². The Morgan fingerprint density at radius 2 is 1.12 bits per heavy atom. The average molecular weight is 378 g/mol. The van der Waals surface area contributed by atoms with Crippen LogP contribution in [0.3, 0.4) is 0 Å². The SMILES string of the molecule is C=C(C)COCC(COCC(=C)C)(COCC(=C)C)COP(=O)(O)O. The fourth-order valence-electron chi connectivity index (χ4n) is 1.80. The van der Waals surface area contributed by atoms with Crippen LogP contribution in [0, 0.1) is 5.41 Å². The lowest BCUT2D eigenvalue weighted by atomic mass is 9.92. The molecule has 0 fully saturated rings. The molecule has 0 saturated carbocycles. The van der Waals surface area contributed by atoms with Gasteiger partial charge in [0.2, 0.25) is 0 Å². The van der Waals surface area contributed by atoms with Crippen LogP contribution in [-0.4, -0.2) is 56.0 Å². The molecule has 0 aliphatic carbocycles. The third kappa shape index (κ3) is 14.1. The van der Waals surface area contributed by atoms with Crippen LogP contribution in [0.5, 0.6) is 0 Å². The average Bonchev–Trinajstić information content (AvgIpc) is 2.43. The van der Waals surface area contributed by atoms with Crippen LogP contribution >= 0.6 is 7.82 Å². The Morgan fingerprint density at radius 1 is 0.800 bits per heavy atom. The molecule has 0 aliphatic rings. The summed E-state index contributed by atoms with van der Waals surface area (Å²) < 4.78 is 32.7. The molecule has 7 nitrogen and oxygen atoms in total. The molecule has 0 amide bonds. The van der Waals surface area contributed by atoms with E-state index in [0.29, 0.717) is 19.8 Å². The summed E-state index contributed by atoms with van der Waals surface area (Å²) in [6.07, 6.45) is 0. The molecule has 0 aromatic carbocycles. The van der Waals surface area contributed by atoms with Crippen molar-refractivity contribution in [2.24, 2.45) is 5.41 Å². The fraction of sp³-hybridized carbons (Fsp3) is 0.647. The Hall–Kier alpha value is -0.790. The molecule has 0 heterocycles. The van der Waals surface area contributed by atoms with Gasteiger partial charge in [0.1, 0.15) is 0 Å².